The van der Waals surface area contributed by atoms with Crippen molar-refractivity contribution in [3.63, 3.8) is 0 Å². The van der Waals surface area contributed by atoms with Crippen molar-refractivity contribution in [3.05, 3.63) is 53.3 Å². The molecule has 0 atom stereocenters. The lowest BCUT2D eigenvalue weighted by atomic mass is 10.1. The first-order chi connectivity index (χ1) is 9.28. The molecule has 1 aromatic carbocycles. The Kier molecular flexibility index (Phi) is 2.73. The van der Waals surface area contributed by atoms with Crippen molar-refractivity contribution >= 4 is 5.78 Å². The van der Waals surface area contributed by atoms with E-state index in [0.717, 1.165) is 11.1 Å². The van der Waals surface area contributed by atoms with Gasteiger partial charge in [0.25, 0.3) is 0 Å². The van der Waals surface area contributed by atoms with E-state index in [1.165, 1.54) is 6.20 Å². The van der Waals surface area contributed by atoms with Gasteiger partial charge in [-0.15, -0.1) is 0 Å². The van der Waals surface area contributed by atoms with Crippen LogP contribution in [0.4, 0.5) is 0 Å². The molecule has 0 bridgehead atoms. The molecule has 0 amide bonds. The largest absolute Gasteiger partial charge is 0.455 e. The molecular formula is C15H10N2O2. The number of nitriles is 1. The average molecular weight is 250 g/mol. The SMILES string of the molecule is N#Cc1cncc(Oc2cccc3c2CCC3=O)c1. The lowest BCUT2D eigenvalue weighted by molar-refractivity contribution is 0.0994. The van der Waals surface area contributed by atoms with E-state index in [0.29, 0.717) is 29.9 Å². The molecule has 0 saturated heterocycles. The predicted octanol–water partition coefficient (Wildman–Crippen LogP) is 2.87. The summed E-state index contributed by atoms with van der Waals surface area (Å²) in [6.45, 7) is 0. The second kappa shape index (κ2) is 4.54. The summed E-state index contributed by atoms with van der Waals surface area (Å²) < 4.78 is 5.75. The number of fused-ring (bicyclic) bond motifs is 1. The molecule has 3 rings (SSSR count). The Hall–Kier alpha value is -2.67. The fourth-order valence-corrected chi connectivity index (χ4v) is 2.22. The molecule has 0 aliphatic heterocycles. The monoisotopic (exact) mass is 250 g/mol. The van der Waals surface area contributed by atoms with E-state index in [9.17, 15) is 4.79 Å². The van der Waals surface area contributed by atoms with Crippen molar-refractivity contribution in [1.29, 1.82) is 5.26 Å². The number of carbonyl (C=O) groups is 1. The van der Waals surface area contributed by atoms with Gasteiger partial charge in [0.2, 0.25) is 0 Å². The zero-order valence-electron chi connectivity index (χ0n) is 10.1. The van der Waals surface area contributed by atoms with E-state index in [2.05, 4.69) is 4.98 Å². The maximum Gasteiger partial charge on any atom is 0.163 e. The van der Waals surface area contributed by atoms with Gasteiger partial charge in [0, 0.05) is 29.8 Å². The molecule has 0 unspecified atom stereocenters. The van der Waals surface area contributed by atoms with Gasteiger partial charge in [-0.1, -0.05) is 12.1 Å². The summed E-state index contributed by atoms with van der Waals surface area (Å²) in [4.78, 5) is 15.6. The molecule has 4 heteroatoms. The molecule has 0 spiro atoms. The van der Waals surface area contributed by atoms with E-state index in [-0.39, 0.29) is 5.78 Å². The van der Waals surface area contributed by atoms with Crippen LogP contribution in [0.15, 0.2) is 36.7 Å². The van der Waals surface area contributed by atoms with Crippen molar-refractivity contribution < 1.29 is 9.53 Å². The number of pyridine rings is 1. The van der Waals surface area contributed by atoms with Crippen molar-refractivity contribution in [3.8, 4) is 17.6 Å². The second-order valence-corrected chi connectivity index (χ2v) is 4.33. The van der Waals surface area contributed by atoms with Gasteiger partial charge >= 0.3 is 0 Å². The number of hydrogen-bond acceptors (Lipinski definition) is 4. The maximum atomic E-state index is 11.7. The molecule has 4 nitrogen and oxygen atoms in total. The van der Waals surface area contributed by atoms with E-state index >= 15 is 0 Å². The van der Waals surface area contributed by atoms with E-state index in [4.69, 9.17) is 10.00 Å². The zero-order chi connectivity index (χ0) is 13.2. The first-order valence-electron chi connectivity index (χ1n) is 5.96. The molecule has 1 aliphatic carbocycles. The minimum absolute atomic E-state index is 0.157. The third kappa shape index (κ3) is 2.06. The van der Waals surface area contributed by atoms with Gasteiger partial charge in [0.05, 0.1) is 11.8 Å². The summed E-state index contributed by atoms with van der Waals surface area (Å²) in [5.74, 6) is 1.33. The van der Waals surface area contributed by atoms with Crippen molar-refractivity contribution in [2.75, 3.05) is 0 Å². The van der Waals surface area contributed by atoms with Crippen LogP contribution >= 0.6 is 0 Å². The van der Waals surface area contributed by atoms with Gasteiger partial charge in [-0.25, -0.2) is 0 Å². The molecule has 0 fully saturated rings. The van der Waals surface area contributed by atoms with Crippen LogP contribution in [0.2, 0.25) is 0 Å². The first-order valence-corrected chi connectivity index (χ1v) is 5.96. The summed E-state index contributed by atoms with van der Waals surface area (Å²) in [6.07, 6.45) is 4.27. The number of Topliss-reactive ketones (excluding diaryl/α,β-unsaturated/α-hetero) is 1. The Morgan fingerprint density at radius 2 is 2.16 bits per heavy atom. The van der Waals surface area contributed by atoms with Crippen molar-refractivity contribution in [2.45, 2.75) is 12.8 Å². The number of carbonyl (C=O) groups excluding carboxylic acids is 1. The van der Waals surface area contributed by atoms with Crippen molar-refractivity contribution in [1.82, 2.24) is 4.98 Å². The Labute approximate surface area is 110 Å². The Morgan fingerprint density at radius 3 is 3.00 bits per heavy atom. The third-order valence-electron chi connectivity index (χ3n) is 3.11. The highest BCUT2D eigenvalue weighted by molar-refractivity contribution is 6.01. The van der Waals surface area contributed by atoms with Gasteiger partial charge in [-0.2, -0.15) is 5.26 Å². The van der Waals surface area contributed by atoms with Crippen LogP contribution in [0, 0.1) is 11.3 Å². The smallest absolute Gasteiger partial charge is 0.163 e. The van der Waals surface area contributed by atoms with E-state index < -0.39 is 0 Å². The molecule has 0 N–H and O–H groups in total. The zero-order valence-corrected chi connectivity index (χ0v) is 10.1. The molecular weight excluding hydrogens is 240 g/mol. The molecule has 2 aromatic rings. The number of benzene rings is 1. The fraction of sp³-hybridized carbons (Fsp3) is 0.133. The molecule has 0 saturated carbocycles. The highest BCUT2D eigenvalue weighted by atomic mass is 16.5. The van der Waals surface area contributed by atoms with Gasteiger partial charge in [0.15, 0.2) is 5.78 Å². The highest BCUT2D eigenvalue weighted by Crippen LogP contribution is 2.33. The van der Waals surface area contributed by atoms with Crippen LogP contribution in [0.25, 0.3) is 0 Å². The number of nitrogens with zero attached hydrogens (tertiary/aromatic N) is 2. The number of rotatable bonds is 2. The summed E-state index contributed by atoms with van der Waals surface area (Å²) in [7, 11) is 0. The van der Waals surface area contributed by atoms with Crippen molar-refractivity contribution in [2.24, 2.45) is 0 Å². The number of ether oxygens (including phenoxy) is 1. The van der Waals surface area contributed by atoms with Crippen LogP contribution < -0.4 is 4.74 Å². The first kappa shape index (κ1) is 11.4. The quantitative estimate of drug-likeness (QED) is 0.822. The molecule has 19 heavy (non-hydrogen) atoms. The maximum absolute atomic E-state index is 11.7. The normalized spacial score (nSPS) is 12.9. The Balaban J connectivity index is 1.96. The standard InChI is InChI=1S/C15H10N2O2/c16-7-10-6-11(9-17-8-10)19-15-3-1-2-12-13(15)4-5-14(12)18/h1-3,6,8-9H,4-5H2. The van der Waals surface area contributed by atoms with Crippen LogP contribution in [0.3, 0.4) is 0 Å². The Bertz CT molecular complexity index is 702. The Morgan fingerprint density at radius 1 is 1.26 bits per heavy atom. The number of aromatic nitrogens is 1. The fourth-order valence-electron chi connectivity index (χ4n) is 2.22. The third-order valence-corrected chi connectivity index (χ3v) is 3.11. The minimum atomic E-state index is 0.157. The molecule has 1 aliphatic rings. The number of ketones is 1. The summed E-state index contributed by atoms with van der Waals surface area (Å²) >= 11 is 0. The van der Waals surface area contributed by atoms with Gasteiger partial charge in [0.1, 0.15) is 17.6 Å². The molecule has 1 aromatic heterocycles. The van der Waals surface area contributed by atoms with Crippen LogP contribution in [0.1, 0.15) is 27.9 Å². The van der Waals surface area contributed by atoms with Gasteiger partial charge in [-0.05, 0) is 12.5 Å². The van der Waals surface area contributed by atoms with Crippen LogP contribution in [0.5, 0.6) is 11.5 Å². The molecule has 0 radical (unpaired) electrons. The van der Waals surface area contributed by atoms with Gasteiger partial charge < -0.3 is 4.74 Å². The highest BCUT2D eigenvalue weighted by Gasteiger charge is 2.22. The van der Waals surface area contributed by atoms with E-state index in [1.54, 1.807) is 18.3 Å². The molecule has 92 valence electrons. The summed E-state index contributed by atoms with van der Waals surface area (Å²) in [6, 6.07) is 9.10. The molecule has 1 heterocycles. The predicted molar refractivity (Wildman–Crippen MR) is 68.1 cm³/mol. The minimum Gasteiger partial charge on any atom is -0.455 e. The number of hydrogen-bond donors (Lipinski definition) is 0. The second-order valence-electron chi connectivity index (χ2n) is 4.33. The van der Waals surface area contributed by atoms with Crippen LogP contribution in [-0.4, -0.2) is 10.8 Å². The van der Waals surface area contributed by atoms with E-state index in [1.807, 2.05) is 18.2 Å². The summed E-state index contributed by atoms with van der Waals surface area (Å²) in [5.41, 5.74) is 2.12. The van der Waals surface area contributed by atoms with Gasteiger partial charge in [-0.3, -0.25) is 9.78 Å². The lowest BCUT2D eigenvalue weighted by Gasteiger charge is -2.09. The topological polar surface area (TPSA) is 63.0 Å². The lowest BCUT2D eigenvalue weighted by Crippen LogP contribution is -1.94. The van der Waals surface area contributed by atoms with Crippen LogP contribution in [-0.2, 0) is 6.42 Å². The average Bonchev–Trinajstić information content (AvgIpc) is 2.82. The summed E-state index contributed by atoms with van der Waals surface area (Å²) in [5, 5.41) is 8.83.